The van der Waals surface area contributed by atoms with Crippen molar-refractivity contribution < 1.29 is 19.1 Å². The molecule has 0 bridgehead atoms. The summed E-state index contributed by atoms with van der Waals surface area (Å²) in [5.74, 6) is 0.406. The number of rotatable bonds is 10. The largest absolute Gasteiger partial charge is 0.497 e. The Labute approximate surface area is 160 Å². The van der Waals surface area contributed by atoms with Gasteiger partial charge in [-0.3, -0.25) is 0 Å². The van der Waals surface area contributed by atoms with Crippen LogP contribution in [0, 0.1) is 5.92 Å². The van der Waals surface area contributed by atoms with Crippen LogP contribution in [0.25, 0.3) is 0 Å². The van der Waals surface area contributed by atoms with Crippen molar-refractivity contribution in [1.82, 2.24) is 5.32 Å². The van der Waals surface area contributed by atoms with E-state index in [2.05, 4.69) is 12.2 Å². The normalized spacial score (nSPS) is 12.7. The van der Waals surface area contributed by atoms with Crippen LogP contribution in [0.5, 0.6) is 5.75 Å². The molecule has 1 amide bonds. The summed E-state index contributed by atoms with van der Waals surface area (Å²) < 4.78 is 10.5. The second-order valence-electron chi connectivity index (χ2n) is 6.40. The number of carbonyl (C=O) groups excluding carboxylic acids is 2. The number of nitrogens with one attached hydrogen (secondary N) is 1. The zero-order chi connectivity index (χ0) is 19.5. The van der Waals surface area contributed by atoms with E-state index in [0.29, 0.717) is 6.42 Å². The topological polar surface area (TPSA) is 64.6 Å². The highest BCUT2D eigenvalue weighted by molar-refractivity contribution is 5.69. The molecular formula is C22H27NO4. The summed E-state index contributed by atoms with van der Waals surface area (Å²) >= 11 is 0. The van der Waals surface area contributed by atoms with Gasteiger partial charge in [0.05, 0.1) is 13.2 Å². The van der Waals surface area contributed by atoms with Crippen LogP contribution in [0.3, 0.4) is 0 Å². The molecule has 2 atom stereocenters. The maximum absolute atomic E-state index is 12.3. The maximum atomic E-state index is 12.3. The SMILES string of the molecule is CCCC[C@@H](C=O)[C@H](NC(=O)OCc1ccccc1)c1ccc(OC)cc1. The van der Waals surface area contributed by atoms with Gasteiger partial charge in [0, 0.05) is 5.92 Å². The number of benzene rings is 2. The van der Waals surface area contributed by atoms with Crippen LogP contribution in [0.2, 0.25) is 0 Å². The minimum Gasteiger partial charge on any atom is -0.497 e. The molecule has 2 aromatic rings. The minimum atomic E-state index is -0.539. The molecule has 0 heterocycles. The highest BCUT2D eigenvalue weighted by Crippen LogP contribution is 2.27. The smallest absolute Gasteiger partial charge is 0.407 e. The van der Waals surface area contributed by atoms with E-state index in [4.69, 9.17) is 9.47 Å². The van der Waals surface area contributed by atoms with Gasteiger partial charge in [-0.15, -0.1) is 0 Å². The molecule has 144 valence electrons. The molecular weight excluding hydrogens is 342 g/mol. The van der Waals surface area contributed by atoms with Gasteiger partial charge in [0.15, 0.2) is 0 Å². The van der Waals surface area contributed by atoms with E-state index in [1.807, 2.05) is 54.6 Å². The summed E-state index contributed by atoms with van der Waals surface area (Å²) in [5, 5.41) is 2.87. The van der Waals surface area contributed by atoms with Crippen molar-refractivity contribution in [3.8, 4) is 5.75 Å². The summed E-state index contributed by atoms with van der Waals surface area (Å²) in [5.41, 5.74) is 1.76. The molecule has 0 saturated heterocycles. The Morgan fingerprint density at radius 1 is 1.11 bits per heavy atom. The van der Waals surface area contributed by atoms with Crippen LogP contribution in [0.15, 0.2) is 54.6 Å². The van der Waals surface area contributed by atoms with Gasteiger partial charge in [0.2, 0.25) is 0 Å². The van der Waals surface area contributed by atoms with Gasteiger partial charge in [-0.2, -0.15) is 0 Å². The van der Waals surface area contributed by atoms with Crippen LogP contribution >= 0.6 is 0 Å². The van der Waals surface area contributed by atoms with Gasteiger partial charge in [-0.25, -0.2) is 4.79 Å². The number of unbranched alkanes of at least 4 members (excludes halogenated alkanes) is 1. The fraction of sp³-hybridized carbons (Fsp3) is 0.364. The standard InChI is InChI=1S/C22H27NO4/c1-3-4-10-19(15-24)21(18-11-13-20(26-2)14-12-18)23-22(25)27-16-17-8-6-5-7-9-17/h5-9,11-15,19,21H,3-4,10,16H2,1-2H3,(H,23,25)/t19-,21+/m0/s1. The van der Waals surface area contributed by atoms with Crippen molar-refractivity contribution in [3.05, 3.63) is 65.7 Å². The molecule has 0 radical (unpaired) electrons. The molecule has 5 nitrogen and oxygen atoms in total. The van der Waals surface area contributed by atoms with Gasteiger partial charge < -0.3 is 19.6 Å². The molecule has 0 saturated carbocycles. The Balaban J connectivity index is 2.09. The molecule has 1 N–H and O–H groups in total. The molecule has 0 fully saturated rings. The Morgan fingerprint density at radius 3 is 2.41 bits per heavy atom. The van der Waals surface area contributed by atoms with Gasteiger partial charge in [0.1, 0.15) is 18.6 Å². The van der Waals surface area contributed by atoms with E-state index >= 15 is 0 Å². The molecule has 0 aliphatic carbocycles. The van der Waals surface area contributed by atoms with Gasteiger partial charge in [-0.1, -0.05) is 62.2 Å². The third kappa shape index (κ3) is 6.44. The quantitative estimate of drug-likeness (QED) is 0.618. The number of hydrogen-bond acceptors (Lipinski definition) is 4. The molecule has 5 heteroatoms. The first-order valence-electron chi connectivity index (χ1n) is 9.24. The van der Waals surface area contributed by atoms with Crippen molar-refractivity contribution in [2.24, 2.45) is 5.92 Å². The van der Waals surface area contributed by atoms with Crippen molar-refractivity contribution in [2.45, 2.75) is 38.8 Å². The van der Waals surface area contributed by atoms with Gasteiger partial charge in [-0.05, 0) is 29.7 Å². The number of methoxy groups -OCH3 is 1. The van der Waals surface area contributed by atoms with E-state index in [1.165, 1.54) is 0 Å². The fourth-order valence-electron chi connectivity index (χ4n) is 2.89. The average Bonchev–Trinajstić information content (AvgIpc) is 2.72. The second kappa shape index (κ2) is 11.0. The minimum absolute atomic E-state index is 0.183. The van der Waals surface area contributed by atoms with Gasteiger partial charge >= 0.3 is 6.09 Å². The van der Waals surface area contributed by atoms with Crippen LogP contribution < -0.4 is 10.1 Å². The Bertz CT molecular complexity index is 700. The Kier molecular flexibility index (Phi) is 8.36. The zero-order valence-electron chi connectivity index (χ0n) is 15.9. The zero-order valence-corrected chi connectivity index (χ0v) is 15.9. The molecule has 2 aromatic carbocycles. The van der Waals surface area contributed by atoms with Crippen molar-refractivity contribution >= 4 is 12.4 Å². The molecule has 2 rings (SSSR count). The van der Waals surface area contributed by atoms with Crippen molar-refractivity contribution in [1.29, 1.82) is 0 Å². The lowest BCUT2D eigenvalue weighted by atomic mass is 9.90. The lowest BCUT2D eigenvalue weighted by molar-refractivity contribution is -0.112. The molecule has 0 aliphatic heterocycles. The van der Waals surface area contributed by atoms with E-state index in [-0.39, 0.29) is 12.5 Å². The summed E-state index contributed by atoms with van der Waals surface area (Å²) in [6.07, 6.45) is 2.98. The first-order valence-corrected chi connectivity index (χ1v) is 9.24. The van der Waals surface area contributed by atoms with Gasteiger partial charge in [0.25, 0.3) is 0 Å². The summed E-state index contributed by atoms with van der Waals surface area (Å²) in [6, 6.07) is 16.4. The van der Waals surface area contributed by atoms with Crippen molar-refractivity contribution in [2.75, 3.05) is 7.11 Å². The van der Waals surface area contributed by atoms with E-state index < -0.39 is 12.1 Å². The first kappa shape index (κ1) is 20.5. The lowest BCUT2D eigenvalue weighted by Gasteiger charge is -2.24. The first-order chi connectivity index (χ1) is 13.2. The average molecular weight is 369 g/mol. The number of hydrogen-bond donors (Lipinski definition) is 1. The number of aldehydes is 1. The number of alkyl carbamates (subject to hydrolysis) is 1. The highest BCUT2D eigenvalue weighted by Gasteiger charge is 2.25. The second-order valence-corrected chi connectivity index (χ2v) is 6.40. The van der Waals surface area contributed by atoms with Crippen LogP contribution in [0.4, 0.5) is 4.79 Å². The molecule has 0 spiro atoms. The van der Waals surface area contributed by atoms with Crippen LogP contribution in [-0.4, -0.2) is 19.5 Å². The number of carbonyl (C=O) groups is 2. The monoisotopic (exact) mass is 369 g/mol. The Morgan fingerprint density at radius 2 is 1.81 bits per heavy atom. The van der Waals surface area contributed by atoms with Crippen LogP contribution in [-0.2, 0) is 16.1 Å². The fourth-order valence-corrected chi connectivity index (χ4v) is 2.89. The summed E-state index contributed by atoms with van der Waals surface area (Å²) in [7, 11) is 1.60. The van der Waals surface area contributed by atoms with E-state index in [9.17, 15) is 9.59 Å². The summed E-state index contributed by atoms with van der Waals surface area (Å²) in [4.78, 5) is 24.0. The lowest BCUT2D eigenvalue weighted by Crippen LogP contribution is -2.34. The highest BCUT2D eigenvalue weighted by atomic mass is 16.5. The third-order valence-corrected chi connectivity index (χ3v) is 4.45. The number of ether oxygens (including phenoxy) is 2. The predicted octanol–water partition coefficient (Wildman–Crippen LogP) is 4.67. The molecule has 27 heavy (non-hydrogen) atoms. The van der Waals surface area contributed by atoms with Crippen molar-refractivity contribution in [3.63, 3.8) is 0 Å². The molecule has 0 unspecified atom stereocenters. The maximum Gasteiger partial charge on any atom is 0.407 e. The molecule has 0 aliphatic rings. The molecule has 0 aromatic heterocycles. The summed E-state index contributed by atoms with van der Waals surface area (Å²) in [6.45, 7) is 2.26. The Hall–Kier alpha value is -2.82. The van der Waals surface area contributed by atoms with Crippen LogP contribution in [0.1, 0.15) is 43.4 Å². The number of amides is 1. The van der Waals surface area contributed by atoms with E-state index in [1.54, 1.807) is 7.11 Å². The van der Waals surface area contributed by atoms with E-state index in [0.717, 1.165) is 36.0 Å². The predicted molar refractivity (Wildman–Crippen MR) is 105 cm³/mol. The third-order valence-electron chi connectivity index (χ3n) is 4.45.